The number of methoxy groups -OCH3 is 1. The number of ether oxygens (including phenoxy) is 2. The van der Waals surface area contributed by atoms with Gasteiger partial charge in [0.25, 0.3) is 0 Å². The zero-order chi connectivity index (χ0) is 30.8. The monoisotopic (exact) mass is 600 g/mol. The van der Waals surface area contributed by atoms with E-state index in [1.807, 2.05) is 48.5 Å². The molecular formula is C37H32N2O6. The predicted molar refractivity (Wildman–Crippen MR) is 172 cm³/mol. The van der Waals surface area contributed by atoms with Gasteiger partial charge in [0.05, 0.1) is 12.8 Å². The van der Waals surface area contributed by atoms with Crippen LogP contribution in [0.4, 0.5) is 0 Å². The molecule has 0 fully saturated rings. The number of hydrogen-bond donors (Lipinski definition) is 0. The van der Waals surface area contributed by atoms with Gasteiger partial charge in [0.2, 0.25) is 5.88 Å². The summed E-state index contributed by atoms with van der Waals surface area (Å²) < 4.78 is 22.2. The van der Waals surface area contributed by atoms with Crippen LogP contribution in [0.5, 0.6) is 17.4 Å². The molecule has 0 amide bonds. The Labute approximate surface area is 259 Å². The van der Waals surface area contributed by atoms with Gasteiger partial charge in [-0.3, -0.25) is 4.98 Å². The van der Waals surface area contributed by atoms with E-state index >= 15 is 0 Å². The lowest BCUT2D eigenvalue weighted by atomic mass is 9.90. The summed E-state index contributed by atoms with van der Waals surface area (Å²) in [5.74, 6) is 1.79. The molecule has 8 nitrogen and oxygen atoms in total. The largest absolute Gasteiger partial charge is 0.496 e. The van der Waals surface area contributed by atoms with E-state index in [4.69, 9.17) is 18.3 Å². The van der Waals surface area contributed by atoms with Crippen LogP contribution < -0.4 is 20.7 Å². The highest BCUT2D eigenvalue weighted by Gasteiger charge is 2.21. The van der Waals surface area contributed by atoms with E-state index in [1.54, 1.807) is 37.7 Å². The molecule has 226 valence electrons. The third kappa shape index (κ3) is 5.71. The summed E-state index contributed by atoms with van der Waals surface area (Å²) in [6.45, 7) is 0. The van der Waals surface area contributed by atoms with Gasteiger partial charge in [-0.05, 0) is 98.9 Å². The SMILES string of the molecule is COc1cc2oc(=O)c3c(c2cc1-c1ccccn1)CCCC3.O=c1oc2cc(Oc3ccccn3)ccc2c2c1CCCC2. The van der Waals surface area contributed by atoms with Crippen LogP contribution in [0.15, 0.2) is 97.5 Å². The number of pyridine rings is 2. The van der Waals surface area contributed by atoms with E-state index in [0.29, 0.717) is 28.5 Å². The zero-order valence-electron chi connectivity index (χ0n) is 25.0. The number of nitrogens with zero attached hydrogens (tertiary/aromatic N) is 2. The second-order valence-corrected chi connectivity index (χ2v) is 11.3. The molecule has 0 saturated carbocycles. The highest BCUT2D eigenvalue weighted by Crippen LogP contribution is 2.36. The maximum absolute atomic E-state index is 12.2. The number of fused-ring (bicyclic) bond motifs is 6. The van der Waals surface area contributed by atoms with Crippen molar-refractivity contribution in [2.75, 3.05) is 7.11 Å². The van der Waals surface area contributed by atoms with Crippen LogP contribution in [0.1, 0.15) is 47.9 Å². The first-order valence-electron chi connectivity index (χ1n) is 15.3. The molecule has 8 heteroatoms. The minimum absolute atomic E-state index is 0.208. The highest BCUT2D eigenvalue weighted by atomic mass is 16.5. The molecule has 0 radical (unpaired) electrons. The highest BCUT2D eigenvalue weighted by molar-refractivity contribution is 5.89. The molecule has 6 aromatic rings. The van der Waals surface area contributed by atoms with Crippen LogP contribution in [0.25, 0.3) is 33.2 Å². The molecule has 4 heterocycles. The van der Waals surface area contributed by atoms with Gasteiger partial charge in [-0.2, -0.15) is 0 Å². The van der Waals surface area contributed by atoms with Gasteiger partial charge in [-0.15, -0.1) is 0 Å². The zero-order valence-corrected chi connectivity index (χ0v) is 25.0. The standard InChI is InChI=1S/C19H17NO3.C18H15NO3/c1-22-17-11-18-14(10-15(17)16-8-4-5-9-20-16)12-6-2-3-7-13(12)19(21)23-18;20-18-15-6-2-1-5-13(15)14-9-8-12(11-16(14)22-18)21-17-7-3-4-10-19-17/h4-5,8-11H,2-3,6-7H2,1H3;3-4,7-11H,1-2,5-6H2. The lowest BCUT2D eigenvalue weighted by Gasteiger charge is -2.17. The summed E-state index contributed by atoms with van der Waals surface area (Å²) in [6.07, 6.45) is 11.3. The van der Waals surface area contributed by atoms with Crippen LogP contribution in [-0.4, -0.2) is 17.1 Å². The fraction of sp³-hybridized carbons (Fsp3) is 0.243. The van der Waals surface area contributed by atoms with Gasteiger partial charge >= 0.3 is 11.3 Å². The molecule has 0 aliphatic heterocycles. The Balaban J connectivity index is 0.000000145. The molecule has 0 unspecified atom stereocenters. The molecule has 2 aliphatic rings. The molecule has 0 atom stereocenters. The molecule has 0 bridgehead atoms. The average molecular weight is 601 g/mol. The summed E-state index contributed by atoms with van der Waals surface area (Å²) in [7, 11) is 1.62. The minimum Gasteiger partial charge on any atom is -0.496 e. The first-order chi connectivity index (χ1) is 22.1. The number of hydrogen-bond acceptors (Lipinski definition) is 8. The van der Waals surface area contributed by atoms with Crippen molar-refractivity contribution in [1.82, 2.24) is 9.97 Å². The third-order valence-electron chi connectivity index (χ3n) is 8.54. The van der Waals surface area contributed by atoms with Crippen molar-refractivity contribution in [2.24, 2.45) is 0 Å². The van der Waals surface area contributed by atoms with Crippen molar-refractivity contribution in [3.05, 3.63) is 122 Å². The Morgan fingerprint density at radius 1 is 0.644 bits per heavy atom. The maximum atomic E-state index is 12.2. The molecule has 0 N–H and O–H groups in total. The Bertz CT molecular complexity index is 2120. The van der Waals surface area contributed by atoms with Gasteiger partial charge in [0, 0.05) is 58.1 Å². The van der Waals surface area contributed by atoms with E-state index in [0.717, 1.165) is 95.7 Å². The number of benzene rings is 2. The molecule has 2 aromatic carbocycles. The molecule has 8 rings (SSSR count). The maximum Gasteiger partial charge on any atom is 0.339 e. The first-order valence-corrected chi connectivity index (χ1v) is 15.3. The second kappa shape index (κ2) is 12.4. The van der Waals surface area contributed by atoms with Crippen LogP contribution in [0, 0.1) is 0 Å². The Morgan fingerprint density at radius 3 is 1.89 bits per heavy atom. The van der Waals surface area contributed by atoms with E-state index in [2.05, 4.69) is 9.97 Å². The quantitative estimate of drug-likeness (QED) is 0.191. The van der Waals surface area contributed by atoms with Gasteiger partial charge in [-0.25, -0.2) is 14.6 Å². The lowest BCUT2D eigenvalue weighted by Crippen LogP contribution is -2.15. The lowest BCUT2D eigenvalue weighted by molar-refractivity contribution is 0.415. The van der Waals surface area contributed by atoms with Crippen LogP contribution in [0.2, 0.25) is 0 Å². The smallest absolute Gasteiger partial charge is 0.339 e. The summed E-state index contributed by atoms with van der Waals surface area (Å²) in [6, 6.07) is 20.7. The summed E-state index contributed by atoms with van der Waals surface area (Å²) in [5, 5.41) is 2.02. The van der Waals surface area contributed by atoms with E-state index in [9.17, 15) is 9.59 Å². The van der Waals surface area contributed by atoms with Gasteiger partial charge in [0.1, 0.15) is 22.7 Å². The second-order valence-electron chi connectivity index (χ2n) is 11.3. The summed E-state index contributed by atoms with van der Waals surface area (Å²) in [5.41, 5.74) is 6.47. The third-order valence-corrected chi connectivity index (χ3v) is 8.54. The molecule has 0 spiro atoms. The average Bonchev–Trinajstić information content (AvgIpc) is 3.09. The van der Waals surface area contributed by atoms with Crippen molar-refractivity contribution in [2.45, 2.75) is 51.4 Å². The normalized spacial score (nSPS) is 13.8. The molecule has 4 aromatic heterocycles. The Hall–Kier alpha value is -5.24. The molecule has 45 heavy (non-hydrogen) atoms. The van der Waals surface area contributed by atoms with Gasteiger partial charge in [0.15, 0.2) is 0 Å². The van der Waals surface area contributed by atoms with Crippen LogP contribution in [-0.2, 0) is 25.7 Å². The van der Waals surface area contributed by atoms with E-state index in [-0.39, 0.29) is 11.3 Å². The number of aromatic nitrogens is 2. The van der Waals surface area contributed by atoms with Crippen molar-refractivity contribution < 1.29 is 18.3 Å². The van der Waals surface area contributed by atoms with Crippen molar-refractivity contribution in [1.29, 1.82) is 0 Å². The van der Waals surface area contributed by atoms with Gasteiger partial charge < -0.3 is 18.3 Å². The topological polar surface area (TPSA) is 105 Å². The van der Waals surface area contributed by atoms with Crippen molar-refractivity contribution in [3.63, 3.8) is 0 Å². The summed E-state index contributed by atoms with van der Waals surface area (Å²) >= 11 is 0. The molecular weight excluding hydrogens is 568 g/mol. The van der Waals surface area contributed by atoms with Crippen LogP contribution >= 0.6 is 0 Å². The fourth-order valence-electron chi connectivity index (χ4n) is 6.38. The molecule has 0 saturated heterocycles. The van der Waals surface area contributed by atoms with Crippen molar-refractivity contribution >= 4 is 21.9 Å². The molecule has 2 aliphatic carbocycles. The predicted octanol–water partition coefficient (Wildman–Crippen LogP) is 7.60. The van der Waals surface area contributed by atoms with E-state index < -0.39 is 0 Å². The first kappa shape index (κ1) is 28.5. The Morgan fingerprint density at radius 2 is 1.27 bits per heavy atom. The van der Waals surface area contributed by atoms with Gasteiger partial charge in [-0.1, -0.05) is 12.1 Å². The van der Waals surface area contributed by atoms with E-state index in [1.165, 1.54) is 0 Å². The Kier molecular flexibility index (Phi) is 7.86. The van der Waals surface area contributed by atoms with Crippen molar-refractivity contribution in [3.8, 4) is 28.6 Å². The van der Waals surface area contributed by atoms with Crippen LogP contribution in [0.3, 0.4) is 0 Å². The number of rotatable bonds is 4. The minimum atomic E-state index is -0.211. The number of aryl methyl sites for hydroxylation is 2. The fourth-order valence-corrected chi connectivity index (χ4v) is 6.38. The summed E-state index contributed by atoms with van der Waals surface area (Å²) in [4.78, 5) is 32.9.